The maximum Gasteiger partial charge on any atom is 0.269 e. The molecule has 0 saturated heterocycles. The smallest absolute Gasteiger partial charge is 0.269 e. The van der Waals surface area contributed by atoms with Gasteiger partial charge in [0.05, 0.1) is 15.1 Å². The van der Waals surface area contributed by atoms with Gasteiger partial charge >= 0.3 is 0 Å². The number of carbonyl (C=O) groups excluding carboxylic acids is 1. The molecule has 1 heterocycles. The van der Waals surface area contributed by atoms with Crippen LogP contribution in [0.5, 0.6) is 0 Å². The zero-order valence-corrected chi connectivity index (χ0v) is 15.7. The van der Waals surface area contributed by atoms with Gasteiger partial charge in [-0.25, -0.2) is 4.98 Å². The zero-order chi connectivity index (χ0) is 19.7. The lowest BCUT2D eigenvalue weighted by Crippen LogP contribution is -2.13. The molecular weight excluding hydrogens is 374 g/mol. The van der Waals surface area contributed by atoms with E-state index in [4.69, 9.17) is 4.98 Å². The normalized spacial score (nSPS) is 10.8. The average molecular weight is 389 g/mol. The summed E-state index contributed by atoms with van der Waals surface area (Å²) in [7, 11) is 0. The maximum atomic E-state index is 12.5. The highest BCUT2D eigenvalue weighted by atomic mass is 32.1. The Bertz CT molecular complexity index is 1170. The van der Waals surface area contributed by atoms with Crippen LogP contribution in [0.4, 0.5) is 11.4 Å². The number of fused-ring (bicyclic) bond motifs is 1. The number of para-hydroxylation sites is 1. The summed E-state index contributed by atoms with van der Waals surface area (Å²) in [5.74, 6) is -0.320. The van der Waals surface area contributed by atoms with Crippen molar-refractivity contribution in [3.05, 3.63) is 88.0 Å². The minimum Gasteiger partial charge on any atom is -0.322 e. The van der Waals surface area contributed by atoms with Crippen molar-refractivity contribution in [3.63, 3.8) is 0 Å². The van der Waals surface area contributed by atoms with Crippen LogP contribution in [-0.2, 0) is 0 Å². The van der Waals surface area contributed by atoms with Gasteiger partial charge < -0.3 is 5.32 Å². The second-order valence-electron chi connectivity index (χ2n) is 6.22. The van der Waals surface area contributed by atoms with Gasteiger partial charge in [-0.3, -0.25) is 14.9 Å². The summed E-state index contributed by atoms with van der Waals surface area (Å²) in [6.45, 7) is 1.94. The van der Waals surface area contributed by atoms with Gasteiger partial charge in [-0.1, -0.05) is 24.3 Å². The number of nitrogens with zero attached hydrogens (tertiary/aromatic N) is 2. The first-order valence-electron chi connectivity index (χ1n) is 8.54. The largest absolute Gasteiger partial charge is 0.322 e. The Balaban J connectivity index is 1.63. The number of non-ortho nitro benzene ring substituents is 1. The molecule has 0 bridgehead atoms. The molecule has 0 unspecified atom stereocenters. The Morgan fingerprint density at radius 1 is 1.04 bits per heavy atom. The highest BCUT2D eigenvalue weighted by molar-refractivity contribution is 7.21. The predicted molar refractivity (Wildman–Crippen MR) is 111 cm³/mol. The maximum absolute atomic E-state index is 12.5. The van der Waals surface area contributed by atoms with Crippen LogP contribution in [0.25, 0.3) is 20.8 Å². The van der Waals surface area contributed by atoms with Crippen molar-refractivity contribution in [1.29, 1.82) is 0 Å². The molecule has 0 atom stereocenters. The van der Waals surface area contributed by atoms with Crippen molar-refractivity contribution in [2.75, 3.05) is 5.32 Å². The van der Waals surface area contributed by atoms with Crippen LogP contribution >= 0.6 is 11.3 Å². The van der Waals surface area contributed by atoms with Crippen molar-refractivity contribution in [3.8, 4) is 10.6 Å². The van der Waals surface area contributed by atoms with E-state index in [-0.39, 0.29) is 11.6 Å². The standard InChI is InChI=1S/C21H15N3O3S/c1-13-16(21-23-18-6-2-3-8-19(18)28-21)5-4-7-17(13)22-20(25)14-9-11-15(12-10-14)24(26)27/h2-12H,1H3,(H,22,25). The number of hydrogen-bond acceptors (Lipinski definition) is 5. The van der Waals surface area contributed by atoms with Gasteiger partial charge in [0.1, 0.15) is 5.01 Å². The van der Waals surface area contributed by atoms with Crippen molar-refractivity contribution < 1.29 is 9.72 Å². The van der Waals surface area contributed by atoms with E-state index < -0.39 is 4.92 Å². The lowest BCUT2D eigenvalue weighted by atomic mass is 10.1. The Labute approximate surface area is 164 Å². The van der Waals surface area contributed by atoms with Gasteiger partial charge in [0.2, 0.25) is 0 Å². The first-order chi connectivity index (χ1) is 13.5. The SMILES string of the molecule is Cc1c(NC(=O)c2ccc([N+](=O)[O-])cc2)cccc1-c1nc2ccccc2s1. The first kappa shape index (κ1) is 17.8. The van der Waals surface area contributed by atoms with Crippen LogP contribution < -0.4 is 5.32 Å². The van der Waals surface area contributed by atoms with Crippen LogP contribution in [0, 0.1) is 17.0 Å². The van der Waals surface area contributed by atoms with E-state index in [2.05, 4.69) is 5.32 Å². The molecule has 4 rings (SSSR count). The second-order valence-corrected chi connectivity index (χ2v) is 7.25. The van der Waals surface area contributed by atoms with E-state index in [0.29, 0.717) is 11.3 Å². The van der Waals surface area contributed by atoms with Crippen LogP contribution in [-0.4, -0.2) is 15.8 Å². The van der Waals surface area contributed by atoms with Crippen LogP contribution in [0.2, 0.25) is 0 Å². The number of nitro benzene ring substituents is 1. The van der Waals surface area contributed by atoms with Crippen molar-refractivity contribution in [1.82, 2.24) is 4.98 Å². The molecule has 138 valence electrons. The van der Waals surface area contributed by atoms with Crippen LogP contribution in [0.15, 0.2) is 66.7 Å². The quantitative estimate of drug-likeness (QED) is 0.372. The molecule has 7 heteroatoms. The molecule has 0 aliphatic carbocycles. The van der Waals surface area contributed by atoms with Gasteiger partial charge in [-0.2, -0.15) is 0 Å². The van der Waals surface area contributed by atoms with Crippen LogP contribution in [0.1, 0.15) is 15.9 Å². The number of hydrogen-bond donors (Lipinski definition) is 1. The third-order valence-electron chi connectivity index (χ3n) is 4.45. The molecule has 4 aromatic rings. The predicted octanol–water partition coefficient (Wildman–Crippen LogP) is 5.43. The number of benzene rings is 3. The minimum absolute atomic E-state index is 0.0504. The molecule has 3 aromatic carbocycles. The molecule has 0 fully saturated rings. The zero-order valence-electron chi connectivity index (χ0n) is 14.9. The summed E-state index contributed by atoms with van der Waals surface area (Å²) in [5, 5.41) is 14.5. The van der Waals surface area contributed by atoms with Gasteiger partial charge in [0.15, 0.2) is 0 Å². The monoisotopic (exact) mass is 389 g/mol. The average Bonchev–Trinajstić information content (AvgIpc) is 3.13. The number of rotatable bonds is 4. The number of amides is 1. The summed E-state index contributed by atoms with van der Waals surface area (Å²) in [5.41, 5.74) is 3.81. The van der Waals surface area contributed by atoms with E-state index in [9.17, 15) is 14.9 Å². The topological polar surface area (TPSA) is 85.1 Å². The summed E-state index contributed by atoms with van der Waals surface area (Å²) in [4.78, 5) is 27.5. The van der Waals surface area contributed by atoms with E-state index in [0.717, 1.165) is 26.4 Å². The number of thiazole rings is 1. The Kier molecular flexibility index (Phi) is 4.58. The molecule has 0 aliphatic rings. The minimum atomic E-state index is -0.493. The second kappa shape index (κ2) is 7.21. The molecule has 0 spiro atoms. The lowest BCUT2D eigenvalue weighted by Gasteiger charge is -2.11. The number of nitrogens with one attached hydrogen (secondary N) is 1. The summed E-state index contributed by atoms with van der Waals surface area (Å²) >= 11 is 1.61. The molecular formula is C21H15N3O3S. The number of nitro groups is 1. The summed E-state index contributed by atoms with van der Waals surface area (Å²) in [6, 6.07) is 19.2. The lowest BCUT2D eigenvalue weighted by molar-refractivity contribution is -0.384. The number of anilines is 1. The van der Waals surface area contributed by atoms with Gasteiger partial charge in [0.25, 0.3) is 11.6 Å². The van der Waals surface area contributed by atoms with Gasteiger partial charge in [0, 0.05) is 28.9 Å². The van der Waals surface area contributed by atoms with Crippen molar-refractivity contribution >= 4 is 38.8 Å². The Morgan fingerprint density at radius 2 is 1.79 bits per heavy atom. The summed E-state index contributed by atoms with van der Waals surface area (Å²) in [6.07, 6.45) is 0. The highest BCUT2D eigenvalue weighted by Crippen LogP contribution is 2.34. The van der Waals surface area contributed by atoms with E-state index in [1.807, 2.05) is 49.4 Å². The summed E-state index contributed by atoms with van der Waals surface area (Å²) < 4.78 is 1.11. The van der Waals surface area contributed by atoms with E-state index >= 15 is 0 Å². The molecule has 1 amide bonds. The molecule has 1 N–H and O–H groups in total. The van der Waals surface area contributed by atoms with E-state index in [1.54, 1.807) is 11.3 Å². The molecule has 0 aliphatic heterocycles. The Morgan fingerprint density at radius 3 is 2.50 bits per heavy atom. The molecule has 0 saturated carbocycles. The third kappa shape index (κ3) is 3.35. The van der Waals surface area contributed by atoms with Crippen molar-refractivity contribution in [2.24, 2.45) is 0 Å². The molecule has 1 aromatic heterocycles. The highest BCUT2D eigenvalue weighted by Gasteiger charge is 2.14. The fourth-order valence-electron chi connectivity index (χ4n) is 2.92. The van der Waals surface area contributed by atoms with Gasteiger partial charge in [-0.15, -0.1) is 11.3 Å². The van der Waals surface area contributed by atoms with Crippen LogP contribution in [0.3, 0.4) is 0 Å². The fourth-order valence-corrected chi connectivity index (χ4v) is 3.97. The number of aromatic nitrogens is 1. The fraction of sp³-hybridized carbons (Fsp3) is 0.0476. The van der Waals surface area contributed by atoms with Crippen molar-refractivity contribution in [2.45, 2.75) is 6.92 Å². The first-order valence-corrected chi connectivity index (χ1v) is 9.36. The van der Waals surface area contributed by atoms with E-state index in [1.165, 1.54) is 24.3 Å². The van der Waals surface area contributed by atoms with Gasteiger partial charge in [-0.05, 0) is 42.8 Å². The molecule has 6 nitrogen and oxygen atoms in total. The Hall–Kier alpha value is -3.58. The number of carbonyl (C=O) groups is 1. The third-order valence-corrected chi connectivity index (χ3v) is 5.52. The molecule has 0 radical (unpaired) electrons. The molecule has 28 heavy (non-hydrogen) atoms.